The largest absolute Gasteiger partial charge is 0.494 e. The van der Waals surface area contributed by atoms with Crippen LogP contribution in [0.3, 0.4) is 0 Å². The molecule has 3 rings (SSSR count). The van der Waals surface area contributed by atoms with Gasteiger partial charge < -0.3 is 19.7 Å². The summed E-state index contributed by atoms with van der Waals surface area (Å²) in [4.78, 5) is 14.3. The molecule has 2 amide bonds. The maximum Gasteiger partial charge on any atom is 0.317 e. The van der Waals surface area contributed by atoms with Crippen molar-refractivity contribution in [2.45, 2.75) is 39.3 Å². The van der Waals surface area contributed by atoms with Gasteiger partial charge in [0, 0.05) is 42.9 Å². The van der Waals surface area contributed by atoms with Crippen molar-refractivity contribution in [3.8, 4) is 11.5 Å². The van der Waals surface area contributed by atoms with Crippen LogP contribution in [-0.4, -0.2) is 48.2 Å². The number of carbonyl (C=O) groups excluding carboxylic acids is 1. The lowest BCUT2D eigenvalue weighted by Crippen LogP contribution is -2.40. The fraction of sp³-hybridized carbons (Fsp3) is 0.611. The van der Waals surface area contributed by atoms with Crippen molar-refractivity contribution in [3.63, 3.8) is 0 Å². The second kappa shape index (κ2) is 8.01. The standard InChI is InChI=1S/C18H26N2O3S/c1-3-22-16-10-14-9-13(2)23-17(14)11-15(16)12-19-18(21)20-5-4-7-24-8-6-20/h10-11,13H,3-9,12H2,1-2H3,(H,19,21). The minimum absolute atomic E-state index is 0.00901. The van der Waals surface area contributed by atoms with E-state index in [0.29, 0.717) is 13.2 Å². The van der Waals surface area contributed by atoms with E-state index in [1.54, 1.807) is 0 Å². The van der Waals surface area contributed by atoms with Crippen molar-refractivity contribution in [3.05, 3.63) is 23.3 Å². The highest BCUT2D eigenvalue weighted by Gasteiger charge is 2.22. The van der Waals surface area contributed by atoms with Gasteiger partial charge in [-0.2, -0.15) is 11.8 Å². The maximum atomic E-state index is 12.4. The number of ether oxygens (including phenoxy) is 2. The normalized spacial score (nSPS) is 20.1. The smallest absolute Gasteiger partial charge is 0.317 e. The van der Waals surface area contributed by atoms with E-state index in [0.717, 1.165) is 54.5 Å². The number of hydrogen-bond acceptors (Lipinski definition) is 4. The molecule has 1 atom stereocenters. The van der Waals surface area contributed by atoms with Gasteiger partial charge in [0.1, 0.15) is 17.6 Å². The minimum Gasteiger partial charge on any atom is -0.494 e. The Morgan fingerprint density at radius 3 is 3.12 bits per heavy atom. The molecule has 1 aromatic rings. The number of carbonyl (C=O) groups is 1. The van der Waals surface area contributed by atoms with Gasteiger partial charge in [-0.3, -0.25) is 0 Å². The molecule has 0 bridgehead atoms. The van der Waals surface area contributed by atoms with Gasteiger partial charge in [-0.1, -0.05) is 0 Å². The van der Waals surface area contributed by atoms with Crippen molar-refractivity contribution >= 4 is 17.8 Å². The van der Waals surface area contributed by atoms with Gasteiger partial charge in [0.2, 0.25) is 0 Å². The van der Waals surface area contributed by atoms with Crippen LogP contribution in [0.2, 0.25) is 0 Å². The molecule has 2 heterocycles. The van der Waals surface area contributed by atoms with Gasteiger partial charge in [0.15, 0.2) is 0 Å². The van der Waals surface area contributed by atoms with E-state index in [4.69, 9.17) is 9.47 Å². The maximum absolute atomic E-state index is 12.4. The lowest BCUT2D eigenvalue weighted by molar-refractivity contribution is 0.201. The number of amides is 2. The number of rotatable bonds is 4. The SMILES string of the molecule is CCOc1cc2c(cc1CNC(=O)N1CCCSCC1)OC(C)C2. The quantitative estimate of drug-likeness (QED) is 0.907. The van der Waals surface area contributed by atoms with Gasteiger partial charge in [-0.15, -0.1) is 0 Å². The van der Waals surface area contributed by atoms with Crippen LogP contribution < -0.4 is 14.8 Å². The Hall–Kier alpha value is -1.56. The molecule has 2 aliphatic rings. The molecule has 0 saturated carbocycles. The molecule has 6 heteroatoms. The van der Waals surface area contributed by atoms with E-state index in [1.807, 2.05) is 29.7 Å². The number of benzene rings is 1. The topological polar surface area (TPSA) is 50.8 Å². The Labute approximate surface area is 148 Å². The third-order valence-corrected chi connectivity index (χ3v) is 5.37. The number of hydrogen-bond donors (Lipinski definition) is 1. The van der Waals surface area contributed by atoms with Gasteiger partial charge in [-0.25, -0.2) is 4.79 Å². The molecule has 0 aliphatic carbocycles. The first kappa shape index (κ1) is 17.3. The lowest BCUT2D eigenvalue weighted by atomic mass is 10.1. The molecule has 5 nitrogen and oxygen atoms in total. The van der Waals surface area contributed by atoms with Gasteiger partial charge in [0.25, 0.3) is 0 Å². The van der Waals surface area contributed by atoms with Crippen LogP contribution in [0.15, 0.2) is 12.1 Å². The summed E-state index contributed by atoms with van der Waals surface area (Å²) >= 11 is 1.92. The Balaban J connectivity index is 1.67. The average molecular weight is 350 g/mol. The summed E-state index contributed by atoms with van der Waals surface area (Å²) in [5.41, 5.74) is 2.16. The molecule has 0 radical (unpaired) electrons. The van der Waals surface area contributed by atoms with E-state index >= 15 is 0 Å². The predicted molar refractivity (Wildman–Crippen MR) is 97.2 cm³/mol. The summed E-state index contributed by atoms with van der Waals surface area (Å²) < 4.78 is 11.6. The fourth-order valence-corrected chi connectivity index (χ4v) is 4.03. The summed E-state index contributed by atoms with van der Waals surface area (Å²) in [6, 6.07) is 4.09. The molecule has 1 unspecified atom stereocenters. The van der Waals surface area contributed by atoms with Crippen LogP contribution in [0, 0.1) is 0 Å². The molecule has 0 aromatic heterocycles. The zero-order valence-corrected chi connectivity index (χ0v) is 15.3. The summed E-state index contributed by atoms with van der Waals surface area (Å²) in [5.74, 6) is 3.92. The van der Waals surface area contributed by atoms with Crippen molar-refractivity contribution in [2.75, 3.05) is 31.2 Å². The third kappa shape index (κ3) is 4.09. The average Bonchev–Trinajstić information content (AvgIpc) is 2.77. The highest BCUT2D eigenvalue weighted by Crippen LogP contribution is 2.35. The number of thioether (sulfide) groups is 1. The van der Waals surface area contributed by atoms with Crippen molar-refractivity contribution in [1.82, 2.24) is 10.2 Å². The van der Waals surface area contributed by atoms with E-state index in [1.165, 1.54) is 5.56 Å². The van der Waals surface area contributed by atoms with Crippen LogP contribution in [-0.2, 0) is 13.0 Å². The molecule has 2 aliphatic heterocycles. The third-order valence-electron chi connectivity index (χ3n) is 4.32. The first-order valence-electron chi connectivity index (χ1n) is 8.73. The van der Waals surface area contributed by atoms with Gasteiger partial charge in [-0.05, 0) is 38.2 Å². The second-order valence-electron chi connectivity index (χ2n) is 6.24. The first-order chi connectivity index (χ1) is 11.7. The van der Waals surface area contributed by atoms with E-state index in [9.17, 15) is 4.79 Å². The highest BCUT2D eigenvalue weighted by molar-refractivity contribution is 7.99. The molecular formula is C18H26N2O3S. The van der Waals surface area contributed by atoms with Crippen LogP contribution >= 0.6 is 11.8 Å². The lowest BCUT2D eigenvalue weighted by Gasteiger charge is -2.21. The molecular weight excluding hydrogens is 324 g/mol. The zero-order valence-electron chi connectivity index (χ0n) is 14.5. The van der Waals surface area contributed by atoms with Crippen LogP contribution in [0.1, 0.15) is 31.4 Å². The number of nitrogens with zero attached hydrogens (tertiary/aromatic N) is 1. The monoisotopic (exact) mass is 350 g/mol. The Morgan fingerprint density at radius 2 is 2.29 bits per heavy atom. The molecule has 1 N–H and O–H groups in total. The summed E-state index contributed by atoms with van der Waals surface area (Å²) in [5, 5.41) is 3.04. The van der Waals surface area contributed by atoms with Crippen LogP contribution in [0.5, 0.6) is 11.5 Å². The first-order valence-corrected chi connectivity index (χ1v) is 9.88. The summed E-state index contributed by atoms with van der Waals surface area (Å²) in [6.45, 7) is 6.77. The van der Waals surface area contributed by atoms with Crippen molar-refractivity contribution < 1.29 is 14.3 Å². The van der Waals surface area contributed by atoms with Crippen LogP contribution in [0.4, 0.5) is 4.79 Å². The minimum atomic E-state index is 0.00901. The Kier molecular flexibility index (Phi) is 5.76. The molecule has 1 fully saturated rings. The molecule has 1 aromatic carbocycles. The van der Waals surface area contributed by atoms with Crippen LogP contribution in [0.25, 0.3) is 0 Å². The summed E-state index contributed by atoms with van der Waals surface area (Å²) in [6.07, 6.45) is 2.18. The second-order valence-corrected chi connectivity index (χ2v) is 7.47. The number of urea groups is 1. The Bertz CT molecular complexity index is 586. The van der Waals surface area contributed by atoms with E-state index in [2.05, 4.69) is 18.3 Å². The fourth-order valence-electron chi connectivity index (χ4n) is 3.14. The highest BCUT2D eigenvalue weighted by atomic mass is 32.2. The molecule has 24 heavy (non-hydrogen) atoms. The van der Waals surface area contributed by atoms with E-state index in [-0.39, 0.29) is 12.1 Å². The Morgan fingerprint density at radius 1 is 1.42 bits per heavy atom. The van der Waals surface area contributed by atoms with Crippen molar-refractivity contribution in [1.29, 1.82) is 0 Å². The molecule has 1 saturated heterocycles. The van der Waals surface area contributed by atoms with Gasteiger partial charge in [0.05, 0.1) is 6.61 Å². The molecule has 132 valence electrons. The number of fused-ring (bicyclic) bond motifs is 1. The van der Waals surface area contributed by atoms with Gasteiger partial charge >= 0.3 is 6.03 Å². The number of nitrogens with one attached hydrogen (secondary N) is 1. The van der Waals surface area contributed by atoms with Crippen molar-refractivity contribution in [2.24, 2.45) is 0 Å². The summed E-state index contributed by atoms with van der Waals surface area (Å²) in [7, 11) is 0. The predicted octanol–water partition coefficient (Wildman–Crippen LogP) is 3.06. The zero-order chi connectivity index (χ0) is 16.9. The van der Waals surface area contributed by atoms with E-state index < -0.39 is 0 Å². The molecule has 0 spiro atoms.